The first-order valence-electron chi connectivity index (χ1n) is 7.17. The maximum absolute atomic E-state index is 5.56. The van der Waals surface area contributed by atoms with Crippen LogP contribution < -0.4 is 0 Å². The quantitative estimate of drug-likeness (QED) is 0.581. The Morgan fingerprint density at radius 2 is 1.89 bits per heavy atom. The fourth-order valence-corrected chi connectivity index (χ4v) is 2.24. The molecule has 1 atom stereocenters. The zero-order valence-electron chi connectivity index (χ0n) is 11.6. The molecule has 19 heavy (non-hydrogen) atoms. The molecule has 1 aromatic heterocycles. The van der Waals surface area contributed by atoms with Crippen LogP contribution in [0.3, 0.4) is 0 Å². The minimum absolute atomic E-state index is 0.391. The van der Waals surface area contributed by atoms with E-state index in [1.54, 1.807) is 6.26 Å². The molecule has 0 bridgehead atoms. The monoisotopic (exact) mass is 254 g/mol. The summed E-state index contributed by atoms with van der Waals surface area (Å²) in [6.07, 6.45) is 11.2. The van der Waals surface area contributed by atoms with Gasteiger partial charge in [-0.15, -0.1) is 0 Å². The molecule has 0 saturated carbocycles. The minimum atomic E-state index is 0.391. The van der Waals surface area contributed by atoms with Crippen LogP contribution >= 0.6 is 0 Å². The molecule has 2 rings (SSSR count). The van der Waals surface area contributed by atoms with Gasteiger partial charge in [-0.25, -0.2) is 0 Å². The summed E-state index contributed by atoms with van der Waals surface area (Å²) in [6.45, 7) is 2.24. The lowest BCUT2D eigenvalue weighted by molar-refractivity contribution is 0.470. The minimum Gasteiger partial charge on any atom is -0.469 e. The van der Waals surface area contributed by atoms with E-state index >= 15 is 0 Å². The molecule has 1 unspecified atom stereocenters. The predicted octanol–water partition coefficient (Wildman–Crippen LogP) is 5.66. The zero-order chi connectivity index (χ0) is 13.3. The van der Waals surface area contributed by atoms with E-state index in [0.29, 0.717) is 5.92 Å². The van der Waals surface area contributed by atoms with E-state index in [1.807, 2.05) is 12.1 Å². The molecule has 0 aliphatic heterocycles. The van der Waals surface area contributed by atoms with Crippen molar-refractivity contribution in [2.45, 2.75) is 38.5 Å². The van der Waals surface area contributed by atoms with Crippen LogP contribution in [0.25, 0.3) is 6.08 Å². The molecule has 1 nitrogen and oxygen atoms in total. The van der Waals surface area contributed by atoms with Gasteiger partial charge in [0.2, 0.25) is 0 Å². The van der Waals surface area contributed by atoms with Gasteiger partial charge in [-0.2, -0.15) is 0 Å². The van der Waals surface area contributed by atoms with Gasteiger partial charge in [0.05, 0.1) is 6.26 Å². The van der Waals surface area contributed by atoms with Gasteiger partial charge in [0.15, 0.2) is 0 Å². The third kappa shape index (κ3) is 4.44. The Labute approximate surface area is 116 Å². The first-order valence-corrected chi connectivity index (χ1v) is 7.17. The second kappa shape index (κ2) is 7.63. The van der Waals surface area contributed by atoms with E-state index in [4.69, 9.17) is 4.42 Å². The summed E-state index contributed by atoms with van der Waals surface area (Å²) in [4.78, 5) is 0. The van der Waals surface area contributed by atoms with E-state index in [-0.39, 0.29) is 0 Å². The molecule has 0 spiro atoms. The highest BCUT2D eigenvalue weighted by Gasteiger charge is 2.10. The summed E-state index contributed by atoms with van der Waals surface area (Å²) < 4.78 is 5.56. The van der Waals surface area contributed by atoms with Crippen molar-refractivity contribution < 1.29 is 4.42 Å². The maximum Gasteiger partial charge on any atom is 0.110 e. The van der Waals surface area contributed by atoms with E-state index in [0.717, 1.165) is 12.2 Å². The number of hydrogen-bond donors (Lipinski definition) is 0. The molecule has 0 radical (unpaired) electrons. The van der Waals surface area contributed by atoms with Gasteiger partial charge in [0, 0.05) is 5.92 Å². The standard InChI is InChI=1S/C18H22O/c1-2-3-5-11-17(18-12-8-15-19-18)14-13-16-9-6-4-7-10-16/h4,6-10,12-15,17H,2-3,5,11H2,1H3/b14-13+. The summed E-state index contributed by atoms with van der Waals surface area (Å²) in [5, 5.41) is 0. The smallest absolute Gasteiger partial charge is 0.110 e. The Hall–Kier alpha value is -1.76. The van der Waals surface area contributed by atoms with Gasteiger partial charge in [0.25, 0.3) is 0 Å². The van der Waals surface area contributed by atoms with Crippen molar-refractivity contribution in [1.82, 2.24) is 0 Å². The number of benzene rings is 1. The van der Waals surface area contributed by atoms with Gasteiger partial charge in [0.1, 0.15) is 5.76 Å². The van der Waals surface area contributed by atoms with Gasteiger partial charge in [-0.1, -0.05) is 68.7 Å². The molecule has 0 amide bonds. The summed E-state index contributed by atoms with van der Waals surface area (Å²) in [7, 11) is 0. The number of rotatable bonds is 7. The highest BCUT2D eigenvalue weighted by Crippen LogP contribution is 2.25. The highest BCUT2D eigenvalue weighted by molar-refractivity contribution is 5.50. The summed E-state index contributed by atoms with van der Waals surface area (Å²) >= 11 is 0. The van der Waals surface area contributed by atoms with Crippen molar-refractivity contribution in [3.63, 3.8) is 0 Å². The fourth-order valence-electron chi connectivity index (χ4n) is 2.24. The van der Waals surface area contributed by atoms with E-state index in [2.05, 4.69) is 49.4 Å². The molecule has 100 valence electrons. The number of hydrogen-bond acceptors (Lipinski definition) is 1. The van der Waals surface area contributed by atoms with Crippen molar-refractivity contribution in [3.8, 4) is 0 Å². The molecule has 0 saturated heterocycles. The SMILES string of the molecule is CCCCCC(/C=C/c1ccccc1)c1ccco1. The molecule has 2 aromatic rings. The van der Waals surface area contributed by atoms with Crippen molar-refractivity contribution in [2.75, 3.05) is 0 Å². The Bertz CT molecular complexity index is 468. The first kappa shape index (κ1) is 13.7. The summed E-state index contributed by atoms with van der Waals surface area (Å²) in [5.41, 5.74) is 1.24. The Balaban J connectivity index is 2.03. The zero-order valence-corrected chi connectivity index (χ0v) is 11.6. The topological polar surface area (TPSA) is 13.1 Å². The van der Waals surface area contributed by atoms with Gasteiger partial charge in [-0.05, 0) is 24.1 Å². The molecule has 1 heteroatoms. The predicted molar refractivity (Wildman–Crippen MR) is 81.1 cm³/mol. The average molecular weight is 254 g/mol. The van der Waals surface area contributed by atoms with E-state index in [1.165, 1.54) is 24.8 Å². The van der Waals surface area contributed by atoms with Crippen LogP contribution in [0.4, 0.5) is 0 Å². The average Bonchev–Trinajstić information content (AvgIpc) is 2.98. The molecule has 0 aliphatic rings. The summed E-state index contributed by atoms with van der Waals surface area (Å²) in [5.74, 6) is 1.46. The van der Waals surface area contributed by atoms with Crippen LogP contribution in [-0.4, -0.2) is 0 Å². The van der Waals surface area contributed by atoms with Gasteiger partial charge in [-0.3, -0.25) is 0 Å². The molecule has 0 fully saturated rings. The molecule has 1 heterocycles. The van der Waals surface area contributed by atoms with Crippen LogP contribution in [0.15, 0.2) is 59.2 Å². The second-order valence-corrected chi connectivity index (χ2v) is 4.89. The molecule has 1 aromatic carbocycles. The van der Waals surface area contributed by atoms with Crippen LogP contribution in [0.2, 0.25) is 0 Å². The molecular formula is C18H22O. The largest absolute Gasteiger partial charge is 0.469 e. The van der Waals surface area contributed by atoms with Crippen LogP contribution in [0.1, 0.15) is 49.8 Å². The van der Waals surface area contributed by atoms with Crippen LogP contribution in [-0.2, 0) is 0 Å². The van der Waals surface area contributed by atoms with E-state index < -0.39 is 0 Å². The first-order chi connectivity index (χ1) is 9.40. The molecular weight excluding hydrogens is 232 g/mol. The molecule has 0 N–H and O–H groups in total. The number of furan rings is 1. The number of unbranched alkanes of at least 4 members (excludes halogenated alkanes) is 2. The van der Waals surface area contributed by atoms with Crippen LogP contribution in [0.5, 0.6) is 0 Å². The second-order valence-electron chi connectivity index (χ2n) is 4.89. The van der Waals surface area contributed by atoms with E-state index in [9.17, 15) is 0 Å². The lowest BCUT2D eigenvalue weighted by atomic mass is 9.97. The molecule has 0 aliphatic carbocycles. The highest BCUT2D eigenvalue weighted by atomic mass is 16.3. The Morgan fingerprint density at radius 1 is 1.05 bits per heavy atom. The van der Waals surface area contributed by atoms with Crippen molar-refractivity contribution in [3.05, 3.63) is 66.1 Å². The maximum atomic E-state index is 5.56. The van der Waals surface area contributed by atoms with Crippen molar-refractivity contribution in [1.29, 1.82) is 0 Å². The third-order valence-corrected chi connectivity index (χ3v) is 3.35. The lowest BCUT2D eigenvalue weighted by Gasteiger charge is -2.09. The Kier molecular flexibility index (Phi) is 5.49. The van der Waals surface area contributed by atoms with Gasteiger partial charge < -0.3 is 4.42 Å². The lowest BCUT2D eigenvalue weighted by Crippen LogP contribution is -1.93. The van der Waals surface area contributed by atoms with Gasteiger partial charge >= 0.3 is 0 Å². The Morgan fingerprint density at radius 3 is 2.58 bits per heavy atom. The fraction of sp³-hybridized carbons (Fsp3) is 0.333. The number of allylic oxidation sites excluding steroid dienone is 1. The van der Waals surface area contributed by atoms with Crippen molar-refractivity contribution in [2.24, 2.45) is 0 Å². The summed E-state index contributed by atoms with van der Waals surface area (Å²) in [6, 6.07) is 14.5. The third-order valence-electron chi connectivity index (χ3n) is 3.35. The normalized spacial score (nSPS) is 12.9. The van der Waals surface area contributed by atoms with Crippen molar-refractivity contribution >= 4 is 6.08 Å². The van der Waals surface area contributed by atoms with Crippen LogP contribution in [0, 0.1) is 0 Å².